The van der Waals surface area contributed by atoms with Gasteiger partial charge in [-0.1, -0.05) is 12.5 Å². The largest absolute Gasteiger partial charge is 0.372 e. The number of carbonyl (C=O) groups excluding carboxylic acids is 1. The Bertz CT molecular complexity index is 558. The Balaban J connectivity index is 1.71. The smallest absolute Gasteiger partial charge is 0.223 e. The van der Waals surface area contributed by atoms with Crippen molar-refractivity contribution in [3.8, 4) is 0 Å². The monoisotopic (exact) mass is 360 g/mol. The van der Waals surface area contributed by atoms with Gasteiger partial charge in [0.2, 0.25) is 5.91 Å². The fourth-order valence-electron chi connectivity index (χ4n) is 4.09. The van der Waals surface area contributed by atoms with Gasteiger partial charge in [-0.05, 0) is 50.3 Å². The Morgan fingerprint density at radius 1 is 1.31 bits per heavy atom. The summed E-state index contributed by atoms with van der Waals surface area (Å²) >= 11 is 0. The highest BCUT2D eigenvalue weighted by Crippen LogP contribution is 2.28. The molecule has 3 unspecified atom stereocenters. The molecule has 1 saturated heterocycles. The molecule has 0 bridgehead atoms. The van der Waals surface area contributed by atoms with Crippen LogP contribution in [0.15, 0.2) is 28.9 Å². The number of hydrogen-bond acceptors (Lipinski definition) is 5. The molecule has 2 fully saturated rings. The SMILES string of the molecule is NC(=O)C1CNC\C=C/C=N/C=C2/CCCCC2OCC2CCCN2C1. The quantitative estimate of drug-likeness (QED) is 0.745. The van der Waals surface area contributed by atoms with E-state index in [-0.39, 0.29) is 17.9 Å². The van der Waals surface area contributed by atoms with Gasteiger partial charge < -0.3 is 15.8 Å². The normalized spacial score (nSPS) is 36.3. The number of nitrogens with zero attached hydrogens (tertiary/aromatic N) is 2. The number of hydrogen-bond donors (Lipinski definition) is 2. The minimum Gasteiger partial charge on any atom is -0.372 e. The zero-order valence-corrected chi connectivity index (χ0v) is 15.6. The zero-order chi connectivity index (χ0) is 18.2. The number of allylic oxidation sites excluding steroid dienone is 1. The average molecular weight is 361 g/mol. The lowest BCUT2D eigenvalue weighted by molar-refractivity contribution is -0.122. The summed E-state index contributed by atoms with van der Waals surface area (Å²) in [6.45, 7) is 3.78. The lowest BCUT2D eigenvalue weighted by Gasteiger charge is -2.31. The summed E-state index contributed by atoms with van der Waals surface area (Å²) in [6.07, 6.45) is 14.8. The predicted molar refractivity (Wildman–Crippen MR) is 104 cm³/mol. The molecule has 3 aliphatic rings. The third kappa shape index (κ3) is 5.50. The van der Waals surface area contributed by atoms with Crippen LogP contribution in [0, 0.1) is 5.92 Å². The molecule has 144 valence electrons. The molecule has 3 rings (SSSR count). The average Bonchev–Trinajstić information content (AvgIpc) is 3.08. The summed E-state index contributed by atoms with van der Waals surface area (Å²) in [6, 6.07) is 0.385. The van der Waals surface area contributed by atoms with Crippen molar-refractivity contribution in [1.82, 2.24) is 10.2 Å². The number of nitrogens with one attached hydrogen (secondary N) is 1. The number of rotatable bonds is 1. The van der Waals surface area contributed by atoms with E-state index in [1.165, 1.54) is 18.4 Å². The van der Waals surface area contributed by atoms with Crippen molar-refractivity contribution < 1.29 is 9.53 Å². The first-order chi connectivity index (χ1) is 12.7. The molecular weight excluding hydrogens is 328 g/mol. The van der Waals surface area contributed by atoms with Gasteiger partial charge in [-0.2, -0.15) is 0 Å². The van der Waals surface area contributed by atoms with Gasteiger partial charge in [0.05, 0.1) is 18.6 Å². The molecule has 3 atom stereocenters. The fourth-order valence-corrected chi connectivity index (χ4v) is 4.09. The molecule has 3 N–H and O–H groups in total. The van der Waals surface area contributed by atoms with Crippen LogP contribution >= 0.6 is 0 Å². The third-order valence-corrected chi connectivity index (χ3v) is 5.64. The topological polar surface area (TPSA) is 80.0 Å². The number of nitrogens with two attached hydrogens (primary N) is 1. The van der Waals surface area contributed by atoms with Crippen molar-refractivity contribution in [1.29, 1.82) is 0 Å². The Hall–Kier alpha value is -1.50. The van der Waals surface area contributed by atoms with E-state index in [9.17, 15) is 4.79 Å². The van der Waals surface area contributed by atoms with Gasteiger partial charge in [0.1, 0.15) is 0 Å². The van der Waals surface area contributed by atoms with Crippen LogP contribution in [0.5, 0.6) is 0 Å². The third-order valence-electron chi connectivity index (χ3n) is 5.64. The van der Waals surface area contributed by atoms with E-state index in [0.29, 0.717) is 19.1 Å². The summed E-state index contributed by atoms with van der Waals surface area (Å²) in [5.41, 5.74) is 6.95. The van der Waals surface area contributed by atoms with Crippen LogP contribution in [-0.4, -0.2) is 62.0 Å². The minimum absolute atomic E-state index is 0.171. The van der Waals surface area contributed by atoms with Crippen molar-refractivity contribution in [2.24, 2.45) is 16.6 Å². The molecule has 1 amide bonds. The molecule has 0 aromatic carbocycles. The van der Waals surface area contributed by atoms with Crippen LogP contribution < -0.4 is 11.1 Å². The summed E-state index contributed by atoms with van der Waals surface area (Å²) < 4.78 is 6.32. The van der Waals surface area contributed by atoms with Crippen LogP contribution in [-0.2, 0) is 9.53 Å². The Morgan fingerprint density at radius 3 is 3.12 bits per heavy atom. The fraction of sp³-hybridized carbons (Fsp3) is 0.700. The summed E-state index contributed by atoms with van der Waals surface area (Å²) in [7, 11) is 0. The first kappa shape index (κ1) is 19.3. The van der Waals surface area contributed by atoms with Gasteiger partial charge in [0.15, 0.2) is 0 Å². The van der Waals surface area contributed by atoms with Crippen LogP contribution in [0.4, 0.5) is 0 Å². The van der Waals surface area contributed by atoms with E-state index in [1.54, 1.807) is 0 Å². The Morgan fingerprint density at radius 2 is 2.23 bits per heavy atom. The zero-order valence-electron chi connectivity index (χ0n) is 15.6. The first-order valence-electron chi connectivity index (χ1n) is 9.97. The molecule has 6 nitrogen and oxygen atoms in total. The second-order valence-corrected chi connectivity index (χ2v) is 7.55. The lowest BCUT2D eigenvalue weighted by Crippen LogP contribution is -2.44. The number of ether oxygens (including phenoxy) is 1. The van der Waals surface area contributed by atoms with Crippen LogP contribution in [0.3, 0.4) is 0 Å². The molecule has 0 aromatic heterocycles. The van der Waals surface area contributed by atoms with E-state index >= 15 is 0 Å². The molecule has 0 radical (unpaired) electrons. The van der Waals surface area contributed by atoms with E-state index in [0.717, 1.165) is 45.4 Å². The minimum atomic E-state index is -0.228. The summed E-state index contributed by atoms with van der Waals surface area (Å²) in [4.78, 5) is 18.7. The molecule has 1 saturated carbocycles. The molecule has 0 aromatic rings. The van der Waals surface area contributed by atoms with Crippen molar-refractivity contribution in [3.05, 3.63) is 23.9 Å². The first-order valence-corrected chi connectivity index (χ1v) is 9.97. The van der Waals surface area contributed by atoms with Gasteiger partial charge in [-0.25, -0.2) is 0 Å². The highest BCUT2D eigenvalue weighted by atomic mass is 16.5. The number of fused-ring (bicyclic) bond motifs is 2. The van der Waals surface area contributed by atoms with Gasteiger partial charge >= 0.3 is 0 Å². The van der Waals surface area contributed by atoms with E-state index in [4.69, 9.17) is 10.5 Å². The molecule has 1 aliphatic carbocycles. The van der Waals surface area contributed by atoms with Crippen LogP contribution in [0.2, 0.25) is 0 Å². The highest BCUT2D eigenvalue weighted by molar-refractivity contribution is 5.77. The lowest BCUT2D eigenvalue weighted by atomic mass is 9.92. The van der Waals surface area contributed by atoms with Crippen LogP contribution in [0.1, 0.15) is 38.5 Å². The molecule has 0 spiro atoms. The maximum atomic E-state index is 11.8. The standard InChI is InChI=1S/C20H32N4O2/c21-20(25)17-13-23-10-4-3-9-22-12-16-6-1-2-8-19(16)26-15-18-7-5-11-24(18)14-17/h3-4,9,12,17-19,23H,1-2,5-8,10-11,13-15H2,(H2,21,25)/b4-3-,16-12-,22-9+. The number of carbonyl (C=O) groups is 1. The second-order valence-electron chi connectivity index (χ2n) is 7.55. The van der Waals surface area contributed by atoms with Crippen molar-refractivity contribution in [2.45, 2.75) is 50.7 Å². The molecule has 26 heavy (non-hydrogen) atoms. The van der Waals surface area contributed by atoms with Crippen LogP contribution in [0.25, 0.3) is 0 Å². The summed E-state index contributed by atoms with van der Waals surface area (Å²) in [5, 5.41) is 3.30. The maximum absolute atomic E-state index is 11.8. The maximum Gasteiger partial charge on any atom is 0.223 e. The van der Waals surface area contributed by atoms with Gasteiger partial charge in [0.25, 0.3) is 0 Å². The van der Waals surface area contributed by atoms with E-state index < -0.39 is 0 Å². The molecule has 2 heterocycles. The van der Waals surface area contributed by atoms with Gasteiger partial charge in [-0.3, -0.25) is 14.7 Å². The van der Waals surface area contributed by atoms with Gasteiger partial charge in [-0.15, -0.1) is 0 Å². The Kier molecular flexibility index (Phi) is 7.41. The van der Waals surface area contributed by atoms with Crippen molar-refractivity contribution in [2.75, 3.05) is 32.8 Å². The molecule has 6 heteroatoms. The number of amides is 1. The van der Waals surface area contributed by atoms with E-state index in [2.05, 4.69) is 15.2 Å². The van der Waals surface area contributed by atoms with Crippen molar-refractivity contribution in [3.63, 3.8) is 0 Å². The number of aliphatic imine (C=N–C) groups is 1. The predicted octanol–water partition coefficient (Wildman–Crippen LogP) is 1.63. The molecule has 2 aliphatic heterocycles. The highest BCUT2D eigenvalue weighted by Gasteiger charge is 2.30. The Labute approximate surface area is 156 Å². The summed E-state index contributed by atoms with van der Waals surface area (Å²) in [5.74, 6) is -0.399. The number of primary amides is 1. The molecular formula is C20H32N4O2. The second kappa shape index (κ2) is 10.00. The van der Waals surface area contributed by atoms with Gasteiger partial charge in [0, 0.05) is 38.1 Å². The van der Waals surface area contributed by atoms with Crippen molar-refractivity contribution >= 4 is 12.1 Å². The van der Waals surface area contributed by atoms with E-state index in [1.807, 2.05) is 24.6 Å².